The van der Waals surface area contributed by atoms with E-state index in [0.29, 0.717) is 31.8 Å². The molecule has 27 heavy (non-hydrogen) atoms. The molecule has 0 aliphatic carbocycles. The fourth-order valence-electron chi connectivity index (χ4n) is 3.19. The van der Waals surface area contributed by atoms with Crippen LogP contribution in [0.1, 0.15) is 26.3 Å². The van der Waals surface area contributed by atoms with Gasteiger partial charge >= 0.3 is 6.09 Å². The highest BCUT2D eigenvalue weighted by molar-refractivity contribution is 5.83. The molecular weight excluding hydrogens is 346 g/mol. The Kier molecular flexibility index (Phi) is 4.09. The predicted molar refractivity (Wildman–Crippen MR) is 101 cm³/mol. The average molecular weight is 369 g/mol. The van der Waals surface area contributed by atoms with Crippen LogP contribution < -0.4 is 4.90 Å². The summed E-state index contributed by atoms with van der Waals surface area (Å²) in [4.78, 5) is 20.9. The zero-order chi connectivity index (χ0) is 19.2. The predicted octanol–water partition coefficient (Wildman–Crippen LogP) is 2.04. The van der Waals surface area contributed by atoms with Crippen molar-refractivity contribution in [1.82, 2.24) is 29.9 Å². The van der Waals surface area contributed by atoms with Gasteiger partial charge in [-0.2, -0.15) is 4.52 Å². The van der Waals surface area contributed by atoms with E-state index in [2.05, 4.69) is 20.4 Å². The number of hydrogen-bond donors (Lipinski definition) is 0. The van der Waals surface area contributed by atoms with Crippen molar-refractivity contribution in [2.45, 2.75) is 33.3 Å². The van der Waals surface area contributed by atoms with E-state index in [1.54, 1.807) is 9.42 Å². The number of carbonyl (C=O) groups is 1. The molecule has 1 aliphatic rings. The first-order valence-corrected chi connectivity index (χ1v) is 9.03. The summed E-state index contributed by atoms with van der Waals surface area (Å²) < 4.78 is 7.19. The second-order valence-corrected chi connectivity index (χ2v) is 7.80. The molecule has 0 unspecified atom stereocenters. The van der Waals surface area contributed by atoms with Crippen molar-refractivity contribution in [3.8, 4) is 0 Å². The summed E-state index contributed by atoms with van der Waals surface area (Å²) in [6.45, 7) is 10.1. The highest BCUT2D eigenvalue weighted by Crippen LogP contribution is 2.24. The standard InChI is InChI=1S/C18H23N7O2/c1-12-5-6-13-14(11-12)25-16(20-21-22-25)15(19-13)23-7-9-24(10-8-23)17(26)27-18(2,3)4/h5-6,11H,7-10H2,1-4H3. The smallest absolute Gasteiger partial charge is 0.410 e. The molecule has 0 atom stereocenters. The molecule has 0 bridgehead atoms. The minimum atomic E-state index is -0.494. The molecule has 9 heteroatoms. The first kappa shape index (κ1) is 17.4. The Balaban J connectivity index is 1.59. The lowest BCUT2D eigenvalue weighted by Crippen LogP contribution is -2.50. The van der Waals surface area contributed by atoms with Gasteiger partial charge in [0.05, 0.1) is 11.0 Å². The lowest BCUT2D eigenvalue weighted by molar-refractivity contribution is 0.0240. The summed E-state index contributed by atoms with van der Waals surface area (Å²) in [5.41, 5.74) is 2.97. The van der Waals surface area contributed by atoms with Crippen LogP contribution in [0, 0.1) is 6.92 Å². The van der Waals surface area contributed by atoms with Crippen molar-refractivity contribution in [2.75, 3.05) is 31.1 Å². The molecular formula is C18H23N7O2. The van der Waals surface area contributed by atoms with Crippen LogP contribution in [0.4, 0.5) is 10.6 Å². The molecule has 2 aromatic heterocycles. The van der Waals surface area contributed by atoms with Crippen molar-refractivity contribution < 1.29 is 9.53 Å². The molecule has 4 rings (SSSR count). The second kappa shape index (κ2) is 6.33. The first-order valence-electron chi connectivity index (χ1n) is 9.03. The Morgan fingerprint density at radius 2 is 1.89 bits per heavy atom. The number of anilines is 1. The van der Waals surface area contributed by atoms with Crippen LogP contribution in [0.15, 0.2) is 18.2 Å². The van der Waals surface area contributed by atoms with Gasteiger partial charge in [0.25, 0.3) is 0 Å². The fourth-order valence-corrected chi connectivity index (χ4v) is 3.19. The highest BCUT2D eigenvalue weighted by atomic mass is 16.6. The molecule has 3 heterocycles. The third-order valence-corrected chi connectivity index (χ3v) is 4.49. The molecule has 1 aliphatic heterocycles. The number of aryl methyl sites for hydroxylation is 1. The third-order valence-electron chi connectivity index (χ3n) is 4.49. The number of rotatable bonds is 1. The zero-order valence-electron chi connectivity index (χ0n) is 16.0. The molecule has 1 fully saturated rings. The van der Waals surface area contributed by atoms with E-state index in [0.717, 1.165) is 22.4 Å². The zero-order valence-corrected chi connectivity index (χ0v) is 16.0. The molecule has 0 radical (unpaired) electrons. The van der Waals surface area contributed by atoms with Gasteiger partial charge in [-0.15, -0.1) is 5.10 Å². The minimum Gasteiger partial charge on any atom is -0.444 e. The molecule has 3 aromatic rings. The van der Waals surface area contributed by atoms with Crippen molar-refractivity contribution in [1.29, 1.82) is 0 Å². The number of piperazine rings is 1. The highest BCUT2D eigenvalue weighted by Gasteiger charge is 2.28. The lowest BCUT2D eigenvalue weighted by atomic mass is 10.2. The van der Waals surface area contributed by atoms with E-state index in [4.69, 9.17) is 9.72 Å². The molecule has 1 amide bonds. The average Bonchev–Trinajstić information content (AvgIpc) is 3.10. The van der Waals surface area contributed by atoms with Gasteiger partial charge in [0, 0.05) is 26.2 Å². The number of carbonyl (C=O) groups excluding carboxylic acids is 1. The number of aromatic nitrogens is 5. The Hall–Kier alpha value is -2.97. The van der Waals surface area contributed by atoms with Gasteiger partial charge in [-0.3, -0.25) is 0 Å². The van der Waals surface area contributed by atoms with Crippen LogP contribution in [0.25, 0.3) is 16.7 Å². The largest absolute Gasteiger partial charge is 0.444 e. The van der Waals surface area contributed by atoms with Crippen molar-refractivity contribution in [3.05, 3.63) is 23.8 Å². The first-order chi connectivity index (χ1) is 12.8. The fraction of sp³-hybridized carbons (Fsp3) is 0.500. The number of tetrazole rings is 1. The number of nitrogens with zero attached hydrogens (tertiary/aromatic N) is 7. The summed E-state index contributed by atoms with van der Waals surface area (Å²) >= 11 is 0. The molecule has 0 saturated carbocycles. The maximum atomic E-state index is 12.3. The number of benzene rings is 1. The van der Waals surface area contributed by atoms with Gasteiger partial charge in [0.15, 0.2) is 5.82 Å². The summed E-state index contributed by atoms with van der Waals surface area (Å²) in [7, 11) is 0. The maximum absolute atomic E-state index is 12.3. The number of ether oxygens (including phenoxy) is 1. The van der Waals surface area contributed by atoms with Crippen molar-refractivity contribution in [3.63, 3.8) is 0 Å². The SMILES string of the molecule is Cc1ccc2nc(N3CCN(C(=O)OC(C)(C)C)CC3)c3nnnn3c2c1. The van der Waals surface area contributed by atoms with E-state index in [1.807, 2.05) is 45.9 Å². The third kappa shape index (κ3) is 3.36. The van der Waals surface area contributed by atoms with Crippen LogP contribution in [-0.2, 0) is 4.74 Å². The van der Waals surface area contributed by atoms with Gasteiger partial charge in [-0.05, 0) is 55.8 Å². The molecule has 0 spiro atoms. The second-order valence-electron chi connectivity index (χ2n) is 7.80. The van der Waals surface area contributed by atoms with E-state index < -0.39 is 5.60 Å². The van der Waals surface area contributed by atoms with Gasteiger partial charge in [0.2, 0.25) is 5.65 Å². The Morgan fingerprint density at radius 1 is 1.15 bits per heavy atom. The van der Waals surface area contributed by atoms with Gasteiger partial charge < -0.3 is 14.5 Å². The van der Waals surface area contributed by atoms with Crippen LogP contribution >= 0.6 is 0 Å². The van der Waals surface area contributed by atoms with Crippen LogP contribution in [-0.4, -0.2) is 67.8 Å². The van der Waals surface area contributed by atoms with Crippen molar-refractivity contribution in [2.24, 2.45) is 0 Å². The normalized spacial score (nSPS) is 15.6. The quantitative estimate of drug-likeness (QED) is 0.648. The summed E-state index contributed by atoms with van der Waals surface area (Å²) in [5, 5.41) is 12.1. The molecule has 0 N–H and O–H groups in total. The summed E-state index contributed by atoms with van der Waals surface area (Å²) in [6, 6.07) is 6.03. The van der Waals surface area contributed by atoms with Crippen LogP contribution in [0.2, 0.25) is 0 Å². The van der Waals surface area contributed by atoms with Crippen LogP contribution in [0.3, 0.4) is 0 Å². The summed E-state index contributed by atoms with van der Waals surface area (Å²) in [5.74, 6) is 0.736. The Morgan fingerprint density at radius 3 is 2.59 bits per heavy atom. The molecule has 1 aromatic carbocycles. The van der Waals surface area contributed by atoms with Gasteiger partial charge in [-0.1, -0.05) is 6.07 Å². The number of fused-ring (bicyclic) bond motifs is 3. The van der Waals surface area contributed by atoms with E-state index in [-0.39, 0.29) is 6.09 Å². The van der Waals surface area contributed by atoms with E-state index in [1.165, 1.54) is 0 Å². The summed E-state index contributed by atoms with van der Waals surface area (Å²) in [6.07, 6.45) is -0.279. The van der Waals surface area contributed by atoms with E-state index >= 15 is 0 Å². The molecule has 1 saturated heterocycles. The monoisotopic (exact) mass is 369 g/mol. The topological polar surface area (TPSA) is 88.8 Å². The maximum Gasteiger partial charge on any atom is 0.410 e. The van der Waals surface area contributed by atoms with Gasteiger partial charge in [-0.25, -0.2) is 9.78 Å². The molecule has 142 valence electrons. The lowest BCUT2D eigenvalue weighted by Gasteiger charge is -2.36. The Labute approximate surface area is 156 Å². The minimum absolute atomic E-state index is 0.279. The van der Waals surface area contributed by atoms with Crippen LogP contribution in [0.5, 0.6) is 0 Å². The Bertz CT molecular complexity index is 1000. The van der Waals surface area contributed by atoms with Crippen molar-refractivity contribution >= 4 is 28.6 Å². The number of hydrogen-bond acceptors (Lipinski definition) is 7. The van der Waals surface area contributed by atoms with E-state index in [9.17, 15) is 4.79 Å². The van der Waals surface area contributed by atoms with Gasteiger partial charge in [0.1, 0.15) is 5.60 Å². The molecule has 9 nitrogen and oxygen atoms in total. The number of amides is 1.